The Hall–Kier alpha value is -1.47. The van der Waals surface area contributed by atoms with Crippen LogP contribution in [0.2, 0.25) is 0 Å². The molecular formula is C32H53N3O3. The van der Waals surface area contributed by atoms with Gasteiger partial charge in [-0.3, -0.25) is 9.69 Å². The van der Waals surface area contributed by atoms with Gasteiger partial charge in [-0.15, -0.1) is 0 Å². The van der Waals surface area contributed by atoms with Gasteiger partial charge in [0.25, 0.3) is 0 Å². The van der Waals surface area contributed by atoms with Gasteiger partial charge in [-0.2, -0.15) is 0 Å². The van der Waals surface area contributed by atoms with Gasteiger partial charge in [0.2, 0.25) is 0 Å². The highest BCUT2D eigenvalue weighted by Gasteiger charge is 2.36. The predicted octanol–water partition coefficient (Wildman–Crippen LogP) is 5.30. The van der Waals surface area contributed by atoms with Crippen molar-refractivity contribution in [3.63, 3.8) is 0 Å². The Bertz CT molecular complexity index is 884. The zero-order valence-corrected chi connectivity index (χ0v) is 24.8. The van der Waals surface area contributed by atoms with Gasteiger partial charge in [0.05, 0.1) is 18.8 Å². The molecule has 0 radical (unpaired) electrons. The molecule has 0 amide bonds. The predicted molar refractivity (Wildman–Crippen MR) is 155 cm³/mol. The molecule has 1 aromatic carbocycles. The van der Waals surface area contributed by atoms with Gasteiger partial charge in [-0.05, 0) is 95.9 Å². The lowest BCUT2D eigenvalue weighted by molar-refractivity contribution is -0.124. The first-order chi connectivity index (χ1) is 18.1. The maximum atomic E-state index is 12.0. The molecule has 1 aromatic rings. The molecule has 38 heavy (non-hydrogen) atoms. The summed E-state index contributed by atoms with van der Waals surface area (Å²) in [6.07, 6.45) is 9.91. The van der Waals surface area contributed by atoms with E-state index in [0.717, 1.165) is 70.2 Å². The van der Waals surface area contributed by atoms with Crippen molar-refractivity contribution in [2.75, 3.05) is 26.7 Å². The van der Waals surface area contributed by atoms with E-state index < -0.39 is 0 Å². The Morgan fingerprint density at radius 3 is 2.37 bits per heavy atom. The molecule has 0 bridgehead atoms. The summed E-state index contributed by atoms with van der Waals surface area (Å²) in [5.74, 6) is 2.00. The molecule has 0 aromatic heterocycles. The monoisotopic (exact) mass is 527 g/mol. The first-order valence-corrected chi connectivity index (χ1v) is 15.2. The quantitative estimate of drug-likeness (QED) is 0.342. The summed E-state index contributed by atoms with van der Waals surface area (Å²) >= 11 is 0. The number of carbonyl (C=O) groups is 1. The van der Waals surface area contributed by atoms with Crippen LogP contribution in [0.1, 0.15) is 97.5 Å². The molecule has 3 fully saturated rings. The van der Waals surface area contributed by atoms with Crippen LogP contribution in [-0.2, 0) is 9.53 Å². The third-order valence-electron chi connectivity index (χ3n) is 9.07. The summed E-state index contributed by atoms with van der Waals surface area (Å²) in [4.78, 5) is 14.3. The van der Waals surface area contributed by atoms with Gasteiger partial charge >= 0.3 is 0 Å². The molecule has 1 atom stereocenters. The van der Waals surface area contributed by atoms with E-state index in [-0.39, 0.29) is 11.5 Å². The number of hydrogen-bond acceptors (Lipinski definition) is 6. The van der Waals surface area contributed by atoms with E-state index in [1.807, 2.05) is 20.9 Å². The van der Waals surface area contributed by atoms with Crippen molar-refractivity contribution in [1.29, 1.82) is 0 Å². The smallest absolute Gasteiger partial charge is 0.149 e. The Morgan fingerprint density at radius 1 is 1.03 bits per heavy atom. The van der Waals surface area contributed by atoms with Crippen LogP contribution >= 0.6 is 0 Å². The Morgan fingerprint density at radius 2 is 1.71 bits per heavy atom. The number of hydrogen-bond donors (Lipinski definition) is 2. The number of ketones is 1. The Balaban J connectivity index is 1.11. The maximum Gasteiger partial charge on any atom is 0.149 e. The molecule has 1 heterocycles. The molecule has 2 aliphatic carbocycles. The van der Waals surface area contributed by atoms with E-state index >= 15 is 0 Å². The Labute approximate surface area is 231 Å². The molecule has 2 N–H and O–H groups in total. The molecule has 0 spiro atoms. The fourth-order valence-electron chi connectivity index (χ4n) is 6.03. The fraction of sp³-hybridized carbons (Fsp3) is 0.781. The summed E-state index contributed by atoms with van der Waals surface area (Å²) in [5, 5.41) is 7.24. The second-order valence-electron chi connectivity index (χ2n) is 13.3. The summed E-state index contributed by atoms with van der Waals surface area (Å²) < 4.78 is 12.6. The van der Waals surface area contributed by atoms with Crippen molar-refractivity contribution >= 4 is 5.78 Å². The highest BCUT2D eigenvalue weighted by Crippen LogP contribution is 2.32. The zero-order chi connectivity index (χ0) is 27.3. The van der Waals surface area contributed by atoms with Crippen molar-refractivity contribution in [3.8, 4) is 5.75 Å². The third-order valence-corrected chi connectivity index (χ3v) is 9.07. The SMILES string of the molecule is CN[C@H]1C[C@H](Oc2cccc(C(C)CCC(C)(C)N[C@H]3C[C@H](OC4CCN(CC(=O)C(C)C)CC4)C3)c2)C1. The van der Waals surface area contributed by atoms with Crippen LogP contribution in [0.25, 0.3) is 0 Å². The first kappa shape index (κ1) is 29.5. The molecule has 3 aliphatic rings. The summed E-state index contributed by atoms with van der Waals surface area (Å²) in [6.45, 7) is 13.6. The molecule has 1 saturated heterocycles. The van der Waals surface area contributed by atoms with Crippen LogP contribution in [-0.4, -0.2) is 73.3 Å². The van der Waals surface area contributed by atoms with E-state index in [1.165, 1.54) is 5.56 Å². The molecular weight excluding hydrogens is 474 g/mol. The van der Waals surface area contributed by atoms with Gasteiger partial charge < -0.3 is 20.1 Å². The van der Waals surface area contributed by atoms with Crippen molar-refractivity contribution in [2.45, 2.75) is 128 Å². The average Bonchev–Trinajstić information content (AvgIpc) is 2.84. The van der Waals surface area contributed by atoms with Crippen LogP contribution in [0, 0.1) is 5.92 Å². The van der Waals surface area contributed by atoms with Gasteiger partial charge in [-0.25, -0.2) is 0 Å². The minimum atomic E-state index is 0.112. The maximum absolute atomic E-state index is 12.0. The third kappa shape index (κ3) is 8.51. The number of piperidine rings is 1. The number of Topliss-reactive ketones (excluding diaryl/α,β-unsaturated/α-hetero) is 1. The van der Waals surface area contributed by atoms with Crippen molar-refractivity contribution in [3.05, 3.63) is 29.8 Å². The van der Waals surface area contributed by atoms with Gasteiger partial charge in [-0.1, -0.05) is 32.9 Å². The Kier molecular flexibility index (Phi) is 10.3. The number of nitrogens with one attached hydrogen (secondary N) is 2. The second kappa shape index (κ2) is 13.3. The topological polar surface area (TPSA) is 62.8 Å². The van der Waals surface area contributed by atoms with E-state index in [0.29, 0.717) is 48.6 Å². The molecule has 214 valence electrons. The highest BCUT2D eigenvalue weighted by atomic mass is 16.5. The van der Waals surface area contributed by atoms with Crippen LogP contribution in [0.4, 0.5) is 0 Å². The lowest BCUT2D eigenvalue weighted by Crippen LogP contribution is -2.54. The van der Waals surface area contributed by atoms with E-state index in [1.54, 1.807) is 0 Å². The lowest BCUT2D eigenvalue weighted by atomic mass is 9.84. The molecule has 6 heteroatoms. The zero-order valence-electron chi connectivity index (χ0n) is 24.8. The molecule has 1 unspecified atom stereocenters. The summed E-state index contributed by atoms with van der Waals surface area (Å²) in [7, 11) is 2.03. The van der Waals surface area contributed by atoms with Gasteiger partial charge in [0, 0.05) is 36.6 Å². The van der Waals surface area contributed by atoms with Crippen LogP contribution in [0.15, 0.2) is 24.3 Å². The average molecular weight is 528 g/mol. The second-order valence-corrected chi connectivity index (χ2v) is 13.3. The molecule has 6 nitrogen and oxygen atoms in total. The van der Waals surface area contributed by atoms with Crippen LogP contribution in [0.3, 0.4) is 0 Å². The minimum Gasteiger partial charge on any atom is -0.490 e. The van der Waals surface area contributed by atoms with Crippen LogP contribution < -0.4 is 15.4 Å². The standard InChI is InChI=1S/C32H53N3O3/c1-22(2)31(36)21-35-14-11-27(12-15-35)37-30-19-26(20-30)34-32(4,5)13-10-23(3)24-8-7-9-28(16-24)38-29-17-25(18-29)33-6/h7-9,16,22-23,25-27,29-30,33-34H,10-15,17-21H2,1-6H3/t23?,25-,26-,29-,30-. The summed E-state index contributed by atoms with van der Waals surface area (Å²) in [5.41, 5.74) is 1.49. The lowest BCUT2D eigenvalue weighted by Gasteiger charge is -2.43. The number of likely N-dealkylation sites (tertiary alicyclic amines) is 1. The normalized spacial score (nSPS) is 27.6. The molecule has 2 saturated carbocycles. The first-order valence-electron chi connectivity index (χ1n) is 15.2. The van der Waals surface area contributed by atoms with Gasteiger partial charge in [0.1, 0.15) is 17.6 Å². The van der Waals surface area contributed by atoms with E-state index in [2.05, 4.69) is 60.6 Å². The number of ether oxygens (including phenoxy) is 2. The number of carbonyl (C=O) groups excluding carboxylic acids is 1. The van der Waals surface area contributed by atoms with Crippen LogP contribution in [0.5, 0.6) is 5.75 Å². The van der Waals surface area contributed by atoms with E-state index in [4.69, 9.17) is 9.47 Å². The summed E-state index contributed by atoms with van der Waals surface area (Å²) in [6, 6.07) is 9.89. The van der Waals surface area contributed by atoms with Crippen molar-refractivity contribution in [2.24, 2.45) is 5.92 Å². The largest absolute Gasteiger partial charge is 0.490 e. The van der Waals surface area contributed by atoms with Crippen molar-refractivity contribution in [1.82, 2.24) is 15.5 Å². The fourth-order valence-corrected chi connectivity index (χ4v) is 6.03. The van der Waals surface area contributed by atoms with Gasteiger partial charge in [0.15, 0.2) is 0 Å². The highest BCUT2D eigenvalue weighted by molar-refractivity contribution is 5.82. The van der Waals surface area contributed by atoms with E-state index in [9.17, 15) is 4.79 Å². The number of benzene rings is 1. The molecule has 4 rings (SSSR count). The van der Waals surface area contributed by atoms with Crippen molar-refractivity contribution < 1.29 is 14.3 Å². The minimum absolute atomic E-state index is 0.112. The number of nitrogens with zero attached hydrogens (tertiary/aromatic N) is 1. The number of rotatable bonds is 14. The molecule has 1 aliphatic heterocycles.